The van der Waals surface area contributed by atoms with Gasteiger partial charge in [0, 0.05) is 16.4 Å². The van der Waals surface area contributed by atoms with Crippen LogP contribution in [0.4, 0.5) is 5.69 Å². The van der Waals surface area contributed by atoms with Crippen LogP contribution in [0.25, 0.3) is 21.7 Å². The van der Waals surface area contributed by atoms with Crippen LogP contribution in [-0.2, 0) is 6.54 Å². The van der Waals surface area contributed by atoms with Crippen molar-refractivity contribution in [2.75, 3.05) is 6.61 Å². The van der Waals surface area contributed by atoms with Gasteiger partial charge in [-0.15, -0.1) is 4.91 Å². The van der Waals surface area contributed by atoms with Crippen molar-refractivity contribution in [3.63, 3.8) is 0 Å². The fourth-order valence-electron chi connectivity index (χ4n) is 3.61. The van der Waals surface area contributed by atoms with E-state index in [0.29, 0.717) is 25.0 Å². The van der Waals surface area contributed by atoms with Gasteiger partial charge in [0.2, 0.25) is 5.88 Å². The maximum atomic E-state index is 11.2. The first-order valence-electron chi connectivity index (χ1n) is 9.05. The molecule has 142 valence electrons. The van der Waals surface area contributed by atoms with Gasteiger partial charge < -0.3 is 14.4 Å². The van der Waals surface area contributed by atoms with Crippen LogP contribution in [0.5, 0.6) is 11.6 Å². The summed E-state index contributed by atoms with van der Waals surface area (Å²) in [6.07, 6.45) is 0.679. The number of hydrogen-bond donors (Lipinski definition) is 1. The van der Waals surface area contributed by atoms with E-state index < -0.39 is 0 Å². The fraction of sp³-hybridized carbons (Fsp3) is 0.182. The molecule has 1 aromatic heterocycles. The second-order valence-electron chi connectivity index (χ2n) is 6.74. The molecule has 28 heavy (non-hydrogen) atoms. The van der Waals surface area contributed by atoms with Crippen molar-refractivity contribution in [1.29, 1.82) is 0 Å². The van der Waals surface area contributed by atoms with Crippen LogP contribution in [0.1, 0.15) is 12.0 Å². The highest BCUT2D eigenvalue weighted by molar-refractivity contribution is 9.10. The van der Waals surface area contributed by atoms with Crippen molar-refractivity contribution in [1.82, 2.24) is 4.57 Å². The number of halogens is 1. The predicted octanol–water partition coefficient (Wildman–Crippen LogP) is 6.44. The molecule has 3 aromatic carbocycles. The Morgan fingerprint density at radius 2 is 1.89 bits per heavy atom. The molecule has 0 radical (unpaired) electrons. The first kappa shape index (κ1) is 18.5. The second-order valence-corrected chi connectivity index (χ2v) is 7.66. The Labute approximate surface area is 170 Å². The Bertz CT molecular complexity index is 1180. The average molecular weight is 439 g/mol. The van der Waals surface area contributed by atoms with E-state index in [0.717, 1.165) is 26.7 Å². The average Bonchev–Trinajstić information content (AvgIpc) is 2.96. The monoisotopic (exact) mass is 438 g/mol. The first-order valence-corrected chi connectivity index (χ1v) is 9.84. The van der Waals surface area contributed by atoms with E-state index >= 15 is 0 Å². The van der Waals surface area contributed by atoms with Gasteiger partial charge in [-0.05, 0) is 59.1 Å². The number of ether oxygens (including phenoxy) is 1. The molecule has 1 heterocycles. The van der Waals surface area contributed by atoms with Crippen molar-refractivity contribution in [3.8, 4) is 11.6 Å². The molecule has 4 aromatic rings. The third-order valence-electron chi connectivity index (χ3n) is 4.86. The van der Waals surface area contributed by atoms with Crippen molar-refractivity contribution in [3.05, 3.63) is 69.5 Å². The molecule has 0 unspecified atom stereocenters. The molecule has 0 aliphatic carbocycles. The van der Waals surface area contributed by atoms with Gasteiger partial charge >= 0.3 is 0 Å². The Hall–Kier alpha value is -2.86. The third kappa shape index (κ3) is 3.36. The smallest absolute Gasteiger partial charge is 0.222 e. The quantitative estimate of drug-likeness (QED) is 0.278. The van der Waals surface area contributed by atoms with Crippen molar-refractivity contribution in [2.45, 2.75) is 19.9 Å². The third-order valence-corrected chi connectivity index (χ3v) is 5.32. The lowest BCUT2D eigenvalue weighted by Gasteiger charge is -2.11. The van der Waals surface area contributed by atoms with Gasteiger partial charge in [-0.25, -0.2) is 0 Å². The molecule has 0 aliphatic heterocycles. The summed E-state index contributed by atoms with van der Waals surface area (Å²) in [5.74, 6) is 0.715. The van der Waals surface area contributed by atoms with Crippen molar-refractivity contribution < 1.29 is 9.84 Å². The van der Waals surface area contributed by atoms with E-state index in [-0.39, 0.29) is 11.6 Å². The number of nitrogens with zero attached hydrogens (tertiary/aromatic N) is 2. The van der Waals surface area contributed by atoms with E-state index in [9.17, 15) is 10.0 Å². The molecule has 1 N–H and O–H groups in total. The zero-order chi connectivity index (χ0) is 19.7. The van der Waals surface area contributed by atoms with Crippen LogP contribution < -0.4 is 4.74 Å². The van der Waals surface area contributed by atoms with Gasteiger partial charge in [-0.2, -0.15) is 0 Å². The molecule has 5 nitrogen and oxygen atoms in total. The Morgan fingerprint density at radius 3 is 2.68 bits per heavy atom. The number of nitroso groups, excluding NO2 is 1. The maximum absolute atomic E-state index is 11.2. The lowest BCUT2D eigenvalue weighted by atomic mass is 10.1. The zero-order valence-corrected chi connectivity index (χ0v) is 16.9. The Balaban J connectivity index is 1.51. The standard InChI is InChI=1S/C22H19BrN2O3/c1-14-11-17(23)13-19-20(24-27)22(26)25(21(14)19)9-4-10-28-18-8-7-15-5-2-3-6-16(15)12-18/h2-3,5-8,11-13,26H,4,9-10H2,1H3. The minimum Gasteiger partial charge on any atom is -0.494 e. The highest BCUT2D eigenvalue weighted by atomic mass is 79.9. The number of aromatic hydroxyl groups is 1. The summed E-state index contributed by atoms with van der Waals surface area (Å²) >= 11 is 3.43. The summed E-state index contributed by atoms with van der Waals surface area (Å²) in [5.41, 5.74) is 1.86. The minimum absolute atomic E-state index is 0.0786. The molecule has 0 fully saturated rings. The Kier molecular flexibility index (Phi) is 5.05. The predicted molar refractivity (Wildman–Crippen MR) is 116 cm³/mol. The van der Waals surface area contributed by atoms with Crippen LogP contribution in [0.15, 0.2) is 64.2 Å². The van der Waals surface area contributed by atoms with Gasteiger partial charge in [0.25, 0.3) is 0 Å². The number of aromatic nitrogens is 1. The molecule has 0 saturated carbocycles. The lowest BCUT2D eigenvalue weighted by molar-refractivity contribution is 0.298. The molecule has 6 heteroatoms. The summed E-state index contributed by atoms with van der Waals surface area (Å²) in [6.45, 7) is 2.97. The van der Waals surface area contributed by atoms with E-state index in [4.69, 9.17) is 4.74 Å². The second kappa shape index (κ2) is 7.64. The van der Waals surface area contributed by atoms with E-state index in [2.05, 4.69) is 33.2 Å². The number of benzene rings is 3. The number of aryl methyl sites for hydroxylation is 2. The highest BCUT2D eigenvalue weighted by Crippen LogP contribution is 2.41. The largest absolute Gasteiger partial charge is 0.494 e. The fourth-order valence-corrected chi connectivity index (χ4v) is 4.18. The molecule has 4 rings (SSSR count). The van der Waals surface area contributed by atoms with Crippen molar-refractivity contribution in [2.24, 2.45) is 5.18 Å². The number of hydrogen-bond acceptors (Lipinski definition) is 4. The first-order chi connectivity index (χ1) is 13.6. The molecule has 0 spiro atoms. The molecular weight excluding hydrogens is 420 g/mol. The number of rotatable bonds is 6. The summed E-state index contributed by atoms with van der Waals surface area (Å²) in [7, 11) is 0. The van der Waals surface area contributed by atoms with Gasteiger partial charge in [0.05, 0.1) is 12.1 Å². The van der Waals surface area contributed by atoms with Gasteiger partial charge in [0.15, 0.2) is 5.69 Å². The van der Waals surface area contributed by atoms with E-state index in [1.807, 2.05) is 43.3 Å². The van der Waals surface area contributed by atoms with E-state index in [1.54, 1.807) is 10.6 Å². The molecular formula is C22H19BrN2O3. The van der Waals surface area contributed by atoms with Gasteiger partial charge in [-0.1, -0.05) is 46.3 Å². The Morgan fingerprint density at radius 1 is 1.11 bits per heavy atom. The van der Waals surface area contributed by atoms with Crippen LogP contribution in [0, 0.1) is 11.8 Å². The normalized spacial score (nSPS) is 11.2. The maximum Gasteiger partial charge on any atom is 0.222 e. The highest BCUT2D eigenvalue weighted by Gasteiger charge is 2.19. The SMILES string of the molecule is Cc1cc(Br)cc2c(N=O)c(O)n(CCCOc3ccc4ccccc4c3)c12. The number of fused-ring (bicyclic) bond motifs is 2. The molecule has 0 aliphatic rings. The van der Waals surface area contributed by atoms with Crippen LogP contribution in [-0.4, -0.2) is 16.3 Å². The summed E-state index contributed by atoms with van der Waals surface area (Å²) in [4.78, 5) is 11.2. The van der Waals surface area contributed by atoms with Crippen LogP contribution in [0.2, 0.25) is 0 Å². The zero-order valence-electron chi connectivity index (χ0n) is 15.4. The summed E-state index contributed by atoms with van der Waals surface area (Å²) < 4.78 is 8.46. The summed E-state index contributed by atoms with van der Waals surface area (Å²) in [5, 5.41) is 16.5. The molecule has 0 bridgehead atoms. The minimum atomic E-state index is -0.100. The topological polar surface area (TPSA) is 63.8 Å². The van der Waals surface area contributed by atoms with Gasteiger partial charge in [0.1, 0.15) is 5.75 Å². The van der Waals surface area contributed by atoms with Crippen molar-refractivity contribution >= 4 is 43.3 Å². The lowest BCUT2D eigenvalue weighted by Crippen LogP contribution is -2.05. The molecule has 0 amide bonds. The van der Waals surface area contributed by atoms with Crippen LogP contribution >= 0.6 is 15.9 Å². The molecule has 0 saturated heterocycles. The van der Waals surface area contributed by atoms with Crippen LogP contribution in [0.3, 0.4) is 0 Å². The molecule has 0 atom stereocenters. The van der Waals surface area contributed by atoms with Gasteiger partial charge in [-0.3, -0.25) is 0 Å². The van der Waals surface area contributed by atoms with E-state index in [1.165, 1.54) is 5.39 Å². The summed E-state index contributed by atoms with van der Waals surface area (Å²) in [6, 6.07) is 17.9.